The van der Waals surface area contributed by atoms with E-state index in [1.807, 2.05) is 0 Å². The van der Waals surface area contributed by atoms with Gasteiger partial charge in [0.05, 0.1) is 11.3 Å². The van der Waals surface area contributed by atoms with E-state index in [0.29, 0.717) is 6.07 Å². The van der Waals surface area contributed by atoms with Crippen molar-refractivity contribution in [1.82, 2.24) is 0 Å². The topological polar surface area (TPSA) is 87.7 Å². The number of nitrogens with one attached hydrogen (secondary N) is 1. The van der Waals surface area contributed by atoms with Crippen molar-refractivity contribution in [3.8, 4) is 0 Å². The molecule has 0 saturated carbocycles. The molecule has 1 aromatic rings. The van der Waals surface area contributed by atoms with Crippen molar-refractivity contribution in [3.63, 3.8) is 0 Å². The van der Waals surface area contributed by atoms with Gasteiger partial charge in [0.1, 0.15) is 0 Å². The Balaban J connectivity index is 3.28. The molecule has 1 rings (SSSR count). The van der Waals surface area contributed by atoms with Crippen LogP contribution in [0.15, 0.2) is 23.4 Å². The maximum Gasteiger partial charge on any atom is 0.416 e. The molecule has 1 aromatic carbocycles. The molecule has 0 spiro atoms. The van der Waals surface area contributed by atoms with E-state index >= 15 is 0 Å². The van der Waals surface area contributed by atoms with Gasteiger partial charge in [-0.2, -0.15) is 13.2 Å². The highest BCUT2D eigenvalue weighted by molar-refractivity contribution is 6.05. The van der Waals surface area contributed by atoms with Crippen molar-refractivity contribution < 1.29 is 23.2 Å². The molecule has 5 nitrogen and oxygen atoms in total. The summed E-state index contributed by atoms with van der Waals surface area (Å²) in [6, 6.07) is 2.59. The van der Waals surface area contributed by atoms with Gasteiger partial charge >= 0.3 is 6.18 Å². The Morgan fingerprint density at radius 3 is 2.45 bits per heavy atom. The summed E-state index contributed by atoms with van der Waals surface area (Å²) in [6.45, 7) is 3.26. The summed E-state index contributed by atoms with van der Waals surface area (Å²) in [5.74, 6) is -1.27. The maximum absolute atomic E-state index is 12.6. The molecular formula is C12H14F3N3O2. The quantitative estimate of drug-likeness (QED) is 0.345. The Hall–Kier alpha value is -2.25. The average molecular weight is 289 g/mol. The number of carbonyl (C=O) groups excluding carboxylic acids is 1. The molecule has 110 valence electrons. The molecule has 0 fully saturated rings. The number of hydrogen-bond acceptors (Lipinski definition) is 3. The number of oxime groups is 1. The van der Waals surface area contributed by atoms with E-state index in [-0.39, 0.29) is 17.2 Å². The van der Waals surface area contributed by atoms with Crippen LogP contribution in [0, 0.1) is 5.92 Å². The van der Waals surface area contributed by atoms with Crippen molar-refractivity contribution in [2.75, 3.05) is 5.32 Å². The molecule has 0 aliphatic carbocycles. The Morgan fingerprint density at radius 2 is 2.00 bits per heavy atom. The van der Waals surface area contributed by atoms with Crippen molar-refractivity contribution >= 4 is 17.4 Å². The number of nitrogens with zero attached hydrogens (tertiary/aromatic N) is 1. The Kier molecular flexibility index (Phi) is 4.59. The lowest BCUT2D eigenvalue weighted by Gasteiger charge is -2.14. The van der Waals surface area contributed by atoms with Crippen LogP contribution in [0.2, 0.25) is 0 Å². The van der Waals surface area contributed by atoms with Crippen molar-refractivity contribution in [2.45, 2.75) is 20.0 Å². The van der Waals surface area contributed by atoms with E-state index in [1.165, 1.54) is 0 Å². The Bertz CT molecular complexity index is 539. The minimum Gasteiger partial charge on any atom is -0.409 e. The summed E-state index contributed by atoms with van der Waals surface area (Å²) in [6.07, 6.45) is -4.56. The summed E-state index contributed by atoms with van der Waals surface area (Å²) in [5, 5.41) is 13.7. The predicted octanol–water partition coefficient (Wildman–Crippen LogP) is 2.39. The number of halogens is 3. The molecule has 0 radical (unpaired) electrons. The average Bonchev–Trinajstić information content (AvgIpc) is 2.36. The second-order valence-corrected chi connectivity index (χ2v) is 4.39. The number of nitrogens with two attached hydrogens (primary N) is 1. The molecule has 0 atom stereocenters. The molecular weight excluding hydrogens is 275 g/mol. The number of anilines is 1. The smallest absolute Gasteiger partial charge is 0.409 e. The van der Waals surface area contributed by atoms with Gasteiger partial charge in [-0.25, -0.2) is 0 Å². The van der Waals surface area contributed by atoms with Gasteiger partial charge in [0.2, 0.25) is 5.91 Å². The van der Waals surface area contributed by atoms with Gasteiger partial charge in [-0.3, -0.25) is 4.79 Å². The summed E-state index contributed by atoms with van der Waals surface area (Å²) < 4.78 is 37.9. The second kappa shape index (κ2) is 5.81. The van der Waals surface area contributed by atoms with Gasteiger partial charge in [0.15, 0.2) is 5.84 Å². The molecule has 8 heteroatoms. The molecule has 0 aliphatic heterocycles. The van der Waals surface area contributed by atoms with Crippen molar-refractivity contribution in [1.29, 1.82) is 0 Å². The first-order valence-corrected chi connectivity index (χ1v) is 5.66. The number of alkyl halides is 3. The summed E-state index contributed by atoms with van der Waals surface area (Å²) in [4.78, 5) is 11.6. The van der Waals surface area contributed by atoms with Crippen LogP contribution in [0.4, 0.5) is 18.9 Å². The number of carbonyl (C=O) groups is 1. The minimum absolute atomic E-state index is 0.0481. The van der Waals surface area contributed by atoms with Crippen LogP contribution in [-0.4, -0.2) is 17.0 Å². The highest BCUT2D eigenvalue weighted by atomic mass is 19.4. The standard InChI is InChI=1S/C12H14F3N3O2/c1-6(2)11(19)17-9-4-3-7(12(13,14)15)5-8(9)10(16)18-20/h3-6,20H,1-2H3,(H2,16,18)(H,17,19). The van der Waals surface area contributed by atoms with E-state index in [9.17, 15) is 18.0 Å². The SMILES string of the molecule is CC(C)C(=O)Nc1ccc(C(F)(F)F)cc1/C(N)=N/O. The highest BCUT2D eigenvalue weighted by Crippen LogP contribution is 2.32. The minimum atomic E-state index is -4.56. The van der Waals surface area contributed by atoms with Crippen LogP contribution in [0.5, 0.6) is 0 Å². The van der Waals surface area contributed by atoms with Crippen LogP contribution in [-0.2, 0) is 11.0 Å². The Morgan fingerprint density at radius 1 is 1.40 bits per heavy atom. The van der Waals surface area contributed by atoms with E-state index in [1.54, 1.807) is 13.8 Å². The highest BCUT2D eigenvalue weighted by Gasteiger charge is 2.31. The molecule has 4 N–H and O–H groups in total. The fourth-order valence-corrected chi connectivity index (χ4v) is 1.37. The lowest BCUT2D eigenvalue weighted by atomic mass is 10.1. The normalized spacial score (nSPS) is 12.6. The third-order valence-corrected chi connectivity index (χ3v) is 2.51. The fourth-order valence-electron chi connectivity index (χ4n) is 1.37. The van der Waals surface area contributed by atoms with Crippen LogP contribution in [0.1, 0.15) is 25.0 Å². The van der Waals surface area contributed by atoms with E-state index in [0.717, 1.165) is 12.1 Å². The molecule has 0 saturated heterocycles. The predicted molar refractivity (Wildman–Crippen MR) is 67.4 cm³/mol. The van der Waals surface area contributed by atoms with Gasteiger partial charge < -0.3 is 16.3 Å². The molecule has 0 bridgehead atoms. The number of benzene rings is 1. The van der Waals surface area contributed by atoms with E-state index < -0.39 is 23.5 Å². The number of hydrogen-bond donors (Lipinski definition) is 3. The molecule has 1 amide bonds. The van der Waals surface area contributed by atoms with Gasteiger partial charge in [0.25, 0.3) is 0 Å². The second-order valence-electron chi connectivity index (χ2n) is 4.39. The first-order chi connectivity index (χ1) is 9.16. The monoisotopic (exact) mass is 289 g/mol. The van der Waals surface area contributed by atoms with Gasteiger partial charge in [-0.1, -0.05) is 19.0 Å². The van der Waals surface area contributed by atoms with Crippen LogP contribution < -0.4 is 11.1 Å². The summed E-state index contributed by atoms with van der Waals surface area (Å²) in [5.41, 5.74) is 4.23. The van der Waals surface area contributed by atoms with Gasteiger partial charge in [0, 0.05) is 11.5 Å². The first kappa shape index (κ1) is 15.8. The first-order valence-electron chi connectivity index (χ1n) is 5.66. The summed E-state index contributed by atoms with van der Waals surface area (Å²) >= 11 is 0. The third-order valence-electron chi connectivity index (χ3n) is 2.51. The maximum atomic E-state index is 12.6. The number of amidine groups is 1. The zero-order valence-corrected chi connectivity index (χ0v) is 10.8. The van der Waals surface area contributed by atoms with Crippen LogP contribution in [0.3, 0.4) is 0 Å². The van der Waals surface area contributed by atoms with E-state index in [4.69, 9.17) is 10.9 Å². The largest absolute Gasteiger partial charge is 0.416 e. The Labute approximate surface area is 113 Å². The van der Waals surface area contributed by atoms with Crippen molar-refractivity contribution in [2.24, 2.45) is 16.8 Å². The third kappa shape index (κ3) is 3.62. The van der Waals surface area contributed by atoms with Gasteiger partial charge in [-0.05, 0) is 18.2 Å². The molecule has 0 aromatic heterocycles. The lowest BCUT2D eigenvalue weighted by Crippen LogP contribution is -2.22. The van der Waals surface area contributed by atoms with Crippen molar-refractivity contribution in [3.05, 3.63) is 29.3 Å². The molecule has 0 unspecified atom stereocenters. The van der Waals surface area contributed by atoms with Gasteiger partial charge in [-0.15, -0.1) is 0 Å². The number of amides is 1. The van der Waals surface area contributed by atoms with Crippen LogP contribution >= 0.6 is 0 Å². The number of rotatable bonds is 3. The van der Waals surface area contributed by atoms with E-state index in [2.05, 4.69) is 10.5 Å². The molecule has 0 heterocycles. The lowest BCUT2D eigenvalue weighted by molar-refractivity contribution is -0.137. The zero-order valence-electron chi connectivity index (χ0n) is 10.8. The zero-order chi connectivity index (χ0) is 15.5. The molecule has 0 aliphatic rings. The fraction of sp³-hybridized carbons (Fsp3) is 0.333. The molecule has 20 heavy (non-hydrogen) atoms. The van der Waals surface area contributed by atoms with Crippen LogP contribution in [0.25, 0.3) is 0 Å². The summed E-state index contributed by atoms with van der Waals surface area (Å²) in [7, 11) is 0.